The fraction of sp³-hybridized carbons (Fsp3) is 0.250. The molecule has 1 N–H and O–H groups in total. The van der Waals surface area contributed by atoms with Gasteiger partial charge in [-0.3, -0.25) is 4.79 Å². The number of carbonyl (C=O) groups is 1. The summed E-state index contributed by atoms with van der Waals surface area (Å²) in [5.41, 5.74) is 7.10. The van der Waals surface area contributed by atoms with E-state index >= 15 is 0 Å². The van der Waals surface area contributed by atoms with Gasteiger partial charge in [0.25, 0.3) is 0 Å². The van der Waals surface area contributed by atoms with Crippen molar-refractivity contribution in [2.24, 2.45) is 0 Å². The van der Waals surface area contributed by atoms with E-state index in [1.54, 1.807) is 6.08 Å². The molecule has 2 nitrogen and oxygen atoms in total. The quantitative estimate of drug-likeness (QED) is 0.626. The molecule has 0 spiro atoms. The Morgan fingerprint density at radius 2 is 1.32 bits per heavy atom. The van der Waals surface area contributed by atoms with Crippen molar-refractivity contribution in [2.75, 3.05) is 5.32 Å². The molecule has 0 aliphatic heterocycles. The maximum Gasteiger partial charge on any atom is 0.188 e. The van der Waals surface area contributed by atoms with Crippen LogP contribution >= 0.6 is 0 Å². The molecule has 0 heterocycles. The van der Waals surface area contributed by atoms with Crippen molar-refractivity contribution < 1.29 is 4.79 Å². The van der Waals surface area contributed by atoms with Gasteiger partial charge in [-0.05, 0) is 56.9 Å². The van der Waals surface area contributed by atoms with E-state index in [2.05, 4.69) is 31.3 Å². The molecule has 0 unspecified atom stereocenters. The lowest BCUT2D eigenvalue weighted by atomic mass is 9.98. The van der Waals surface area contributed by atoms with Crippen molar-refractivity contribution >= 4 is 11.5 Å². The zero-order valence-corrected chi connectivity index (χ0v) is 13.9. The maximum absolute atomic E-state index is 12.5. The van der Waals surface area contributed by atoms with Crippen LogP contribution < -0.4 is 5.32 Å². The molecule has 0 aliphatic rings. The first-order chi connectivity index (χ1) is 10.4. The lowest BCUT2D eigenvalue weighted by Gasteiger charge is -2.13. The maximum atomic E-state index is 12.5. The fourth-order valence-electron chi connectivity index (χ4n) is 2.72. The molecule has 22 heavy (non-hydrogen) atoms. The highest BCUT2D eigenvalue weighted by Gasteiger charge is 2.10. The standard InChI is InChI=1S/C20H23NO/c1-13-8-6-9-14(2)19(13)18(22)12-17(5)21-20-15(3)10-7-11-16(20)4/h6-12,21H,1-5H3. The number of hydrogen-bond donors (Lipinski definition) is 1. The van der Waals surface area contributed by atoms with Gasteiger partial charge in [0.05, 0.1) is 0 Å². The Balaban J connectivity index is 2.28. The molecule has 0 amide bonds. The number of ketones is 1. The Morgan fingerprint density at radius 1 is 0.864 bits per heavy atom. The van der Waals surface area contributed by atoms with Gasteiger partial charge in [0.2, 0.25) is 0 Å². The van der Waals surface area contributed by atoms with E-state index in [4.69, 9.17) is 0 Å². The predicted molar refractivity (Wildman–Crippen MR) is 93.5 cm³/mol. The summed E-state index contributed by atoms with van der Waals surface area (Å²) in [5, 5.41) is 3.36. The second kappa shape index (κ2) is 6.61. The van der Waals surface area contributed by atoms with Crippen LogP contribution in [0.1, 0.15) is 39.5 Å². The average molecular weight is 293 g/mol. The van der Waals surface area contributed by atoms with Gasteiger partial charge in [-0.2, -0.15) is 0 Å². The van der Waals surface area contributed by atoms with E-state index in [9.17, 15) is 4.79 Å². The van der Waals surface area contributed by atoms with Gasteiger partial charge < -0.3 is 5.32 Å². The molecule has 0 aliphatic carbocycles. The van der Waals surface area contributed by atoms with Crippen LogP contribution in [0.2, 0.25) is 0 Å². The molecule has 2 rings (SSSR count). The molecule has 0 bridgehead atoms. The van der Waals surface area contributed by atoms with Crippen LogP contribution in [0.15, 0.2) is 48.2 Å². The SMILES string of the molecule is CC(=CC(=O)c1c(C)cccc1C)Nc1c(C)cccc1C. The number of nitrogens with one attached hydrogen (secondary N) is 1. The number of anilines is 1. The van der Waals surface area contributed by atoms with Crippen molar-refractivity contribution in [3.8, 4) is 0 Å². The van der Waals surface area contributed by atoms with Crippen molar-refractivity contribution in [2.45, 2.75) is 34.6 Å². The second-order valence-electron chi connectivity index (χ2n) is 5.85. The number of carbonyl (C=O) groups excluding carboxylic acids is 1. The van der Waals surface area contributed by atoms with E-state index in [0.717, 1.165) is 28.1 Å². The van der Waals surface area contributed by atoms with Gasteiger partial charge in [-0.1, -0.05) is 36.4 Å². The molecule has 0 atom stereocenters. The zero-order chi connectivity index (χ0) is 16.3. The van der Waals surface area contributed by atoms with E-state index in [1.807, 2.05) is 45.0 Å². The molecular weight excluding hydrogens is 270 g/mol. The summed E-state index contributed by atoms with van der Waals surface area (Å²) in [6.45, 7) is 10.0. The van der Waals surface area contributed by atoms with Crippen LogP contribution in [0.4, 0.5) is 5.69 Å². The molecule has 0 saturated carbocycles. The summed E-state index contributed by atoms with van der Waals surface area (Å²) >= 11 is 0. The Labute approximate surface area is 132 Å². The third-order valence-corrected chi connectivity index (χ3v) is 3.88. The van der Waals surface area contributed by atoms with E-state index in [-0.39, 0.29) is 5.78 Å². The number of benzene rings is 2. The molecule has 0 fully saturated rings. The minimum atomic E-state index is 0.0480. The number of allylic oxidation sites excluding steroid dienone is 2. The first-order valence-corrected chi connectivity index (χ1v) is 7.52. The molecule has 0 aromatic heterocycles. The Morgan fingerprint density at radius 3 is 1.82 bits per heavy atom. The molecule has 114 valence electrons. The number of aryl methyl sites for hydroxylation is 4. The van der Waals surface area contributed by atoms with Crippen LogP contribution in [0, 0.1) is 27.7 Å². The normalized spacial score (nSPS) is 11.4. The average Bonchev–Trinajstić information content (AvgIpc) is 2.43. The van der Waals surface area contributed by atoms with Gasteiger partial charge in [0, 0.05) is 23.0 Å². The van der Waals surface area contributed by atoms with Crippen molar-refractivity contribution in [1.82, 2.24) is 0 Å². The minimum absolute atomic E-state index is 0.0480. The number of hydrogen-bond acceptors (Lipinski definition) is 2. The summed E-state index contributed by atoms with van der Waals surface area (Å²) in [6.07, 6.45) is 1.68. The second-order valence-corrected chi connectivity index (χ2v) is 5.85. The van der Waals surface area contributed by atoms with Crippen LogP contribution in [-0.2, 0) is 0 Å². The Bertz CT molecular complexity index is 701. The fourth-order valence-corrected chi connectivity index (χ4v) is 2.72. The molecule has 2 aromatic rings. The van der Waals surface area contributed by atoms with Crippen molar-refractivity contribution in [1.29, 1.82) is 0 Å². The minimum Gasteiger partial charge on any atom is -0.359 e. The smallest absolute Gasteiger partial charge is 0.188 e. The van der Waals surface area contributed by atoms with E-state index in [1.165, 1.54) is 11.1 Å². The topological polar surface area (TPSA) is 29.1 Å². The molecule has 2 aromatic carbocycles. The van der Waals surface area contributed by atoms with Gasteiger partial charge in [0.15, 0.2) is 5.78 Å². The largest absolute Gasteiger partial charge is 0.359 e. The highest BCUT2D eigenvalue weighted by Crippen LogP contribution is 2.22. The summed E-state index contributed by atoms with van der Waals surface area (Å²) in [4.78, 5) is 12.5. The third kappa shape index (κ3) is 3.45. The Kier molecular flexibility index (Phi) is 4.81. The predicted octanol–water partition coefficient (Wildman–Crippen LogP) is 5.12. The molecule has 2 heteroatoms. The summed E-state index contributed by atoms with van der Waals surface area (Å²) in [6, 6.07) is 12.1. The lowest BCUT2D eigenvalue weighted by molar-refractivity contribution is 0.104. The molecular formula is C20H23NO. The van der Waals surface area contributed by atoms with Crippen LogP contribution in [0.5, 0.6) is 0 Å². The first kappa shape index (κ1) is 16.0. The summed E-state index contributed by atoms with van der Waals surface area (Å²) in [7, 11) is 0. The van der Waals surface area contributed by atoms with Gasteiger partial charge in [-0.15, -0.1) is 0 Å². The highest BCUT2D eigenvalue weighted by molar-refractivity contribution is 6.07. The zero-order valence-electron chi connectivity index (χ0n) is 13.9. The van der Waals surface area contributed by atoms with Crippen molar-refractivity contribution in [3.05, 3.63) is 76.0 Å². The first-order valence-electron chi connectivity index (χ1n) is 7.52. The lowest BCUT2D eigenvalue weighted by Crippen LogP contribution is -2.06. The summed E-state index contributed by atoms with van der Waals surface area (Å²) in [5.74, 6) is 0.0480. The number of para-hydroxylation sites is 1. The van der Waals surface area contributed by atoms with Crippen molar-refractivity contribution in [3.63, 3.8) is 0 Å². The van der Waals surface area contributed by atoms with Crippen LogP contribution in [-0.4, -0.2) is 5.78 Å². The van der Waals surface area contributed by atoms with Crippen LogP contribution in [0.3, 0.4) is 0 Å². The van der Waals surface area contributed by atoms with E-state index < -0.39 is 0 Å². The monoisotopic (exact) mass is 293 g/mol. The van der Waals surface area contributed by atoms with Crippen LogP contribution in [0.25, 0.3) is 0 Å². The van der Waals surface area contributed by atoms with E-state index in [0.29, 0.717) is 0 Å². The third-order valence-electron chi connectivity index (χ3n) is 3.88. The number of rotatable bonds is 4. The van der Waals surface area contributed by atoms with Gasteiger partial charge in [-0.25, -0.2) is 0 Å². The van der Waals surface area contributed by atoms with Gasteiger partial charge in [0.1, 0.15) is 0 Å². The van der Waals surface area contributed by atoms with Gasteiger partial charge >= 0.3 is 0 Å². The molecule has 0 radical (unpaired) electrons. The highest BCUT2D eigenvalue weighted by atomic mass is 16.1. The Hall–Kier alpha value is -2.35. The summed E-state index contributed by atoms with van der Waals surface area (Å²) < 4.78 is 0. The molecule has 0 saturated heterocycles.